The molecule has 1 aliphatic heterocycles. The van der Waals surface area contributed by atoms with Crippen molar-refractivity contribution in [1.29, 1.82) is 0 Å². The van der Waals surface area contributed by atoms with Crippen LogP contribution in [0.25, 0.3) is 0 Å². The lowest BCUT2D eigenvalue weighted by Gasteiger charge is -2.38. The molecule has 0 aliphatic carbocycles. The fourth-order valence-electron chi connectivity index (χ4n) is 3.36. The summed E-state index contributed by atoms with van der Waals surface area (Å²) >= 11 is 6.79. The first kappa shape index (κ1) is 21.4. The number of nitrogens with one attached hydrogen (secondary N) is 2. The normalized spacial score (nSPS) is 15.2. The fraction of sp³-hybridized carbons (Fsp3) is 0.130. The zero-order valence-electron chi connectivity index (χ0n) is 16.9. The molecule has 2 amide bonds. The SMILES string of the molecule is CN(C)c1ccc(C2Nc3ccc(Br)cc3C(=O)N2NC(=O)c2ccc(Br)cc2)cc1. The molecule has 8 heteroatoms. The number of hydrazine groups is 1. The predicted molar refractivity (Wildman–Crippen MR) is 129 cm³/mol. The maximum atomic E-state index is 13.4. The average molecular weight is 544 g/mol. The molecule has 2 N–H and O–H groups in total. The molecule has 0 saturated carbocycles. The van der Waals surface area contributed by atoms with Crippen LogP contribution in [0.4, 0.5) is 11.4 Å². The molecular weight excluding hydrogens is 524 g/mol. The van der Waals surface area contributed by atoms with Crippen molar-refractivity contribution >= 4 is 55.0 Å². The van der Waals surface area contributed by atoms with E-state index >= 15 is 0 Å². The highest BCUT2D eigenvalue weighted by Crippen LogP contribution is 2.34. The lowest BCUT2D eigenvalue weighted by Crippen LogP contribution is -2.52. The van der Waals surface area contributed by atoms with Crippen LogP contribution in [0.15, 0.2) is 75.7 Å². The van der Waals surface area contributed by atoms with E-state index in [1.54, 1.807) is 30.3 Å². The van der Waals surface area contributed by atoms with Crippen LogP contribution in [0.3, 0.4) is 0 Å². The van der Waals surface area contributed by atoms with Crippen LogP contribution in [-0.2, 0) is 0 Å². The standard InChI is InChI=1S/C23H20Br2N4O2/c1-28(2)18-10-5-14(6-11-18)21-26-20-12-9-17(25)13-19(20)23(31)29(21)27-22(30)15-3-7-16(24)8-4-15/h3-13,21,26H,1-2H3,(H,27,30). The smallest absolute Gasteiger partial charge is 0.276 e. The van der Waals surface area contributed by atoms with Crippen LogP contribution in [0.1, 0.15) is 32.4 Å². The number of amides is 2. The van der Waals surface area contributed by atoms with Crippen molar-refractivity contribution in [3.05, 3.63) is 92.4 Å². The summed E-state index contributed by atoms with van der Waals surface area (Å²) < 4.78 is 1.66. The summed E-state index contributed by atoms with van der Waals surface area (Å²) in [5.74, 6) is -0.654. The third-order valence-electron chi connectivity index (χ3n) is 5.03. The van der Waals surface area contributed by atoms with Crippen molar-refractivity contribution in [3.8, 4) is 0 Å². The van der Waals surface area contributed by atoms with E-state index in [4.69, 9.17) is 0 Å². The first-order valence-electron chi connectivity index (χ1n) is 9.57. The third kappa shape index (κ3) is 4.45. The van der Waals surface area contributed by atoms with Crippen molar-refractivity contribution < 1.29 is 9.59 Å². The highest BCUT2D eigenvalue weighted by Gasteiger charge is 2.34. The van der Waals surface area contributed by atoms with E-state index in [9.17, 15) is 9.59 Å². The van der Waals surface area contributed by atoms with Gasteiger partial charge in [0, 0.05) is 40.0 Å². The Bertz CT molecular complexity index is 1130. The fourth-order valence-corrected chi connectivity index (χ4v) is 3.98. The van der Waals surface area contributed by atoms with E-state index in [0.717, 1.165) is 20.2 Å². The quantitative estimate of drug-likeness (QED) is 0.475. The van der Waals surface area contributed by atoms with Crippen molar-refractivity contribution in [3.63, 3.8) is 0 Å². The Balaban J connectivity index is 1.71. The Kier molecular flexibility index (Phi) is 6.02. The molecule has 3 aromatic rings. The van der Waals surface area contributed by atoms with Gasteiger partial charge in [0.25, 0.3) is 11.8 Å². The minimum absolute atomic E-state index is 0.290. The van der Waals surface area contributed by atoms with Crippen molar-refractivity contribution in [1.82, 2.24) is 10.4 Å². The van der Waals surface area contributed by atoms with Crippen molar-refractivity contribution in [2.75, 3.05) is 24.3 Å². The molecule has 6 nitrogen and oxygen atoms in total. The summed E-state index contributed by atoms with van der Waals surface area (Å²) in [5.41, 5.74) is 6.33. The maximum Gasteiger partial charge on any atom is 0.276 e. The first-order chi connectivity index (χ1) is 14.8. The van der Waals surface area contributed by atoms with E-state index in [0.29, 0.717) is 16.8 Å². The molecule has 0 radical (unpaired) electrons. The number of hydrogen-bond acceptors (Lipinski definition) is 4. The molecule has 0 fully saturated rings. The monoisotopic (exact) mass is 542 g/mol. The van der Waals surface area contributed by atoms with E-state index < -0.39 is 6.17 Å². The van der Waals surface area contributed by atoms with E-state index in [1.807, 2.05) is 55.4 Å². The summed E-state index contributed by atoms with van der Waals surface area (Å²) in [5, 5.41) is 4.74. The number of halogens is 2. The van der Waals surface area contributed by atoms with Gasteiger partial charge in [-0.1, -0.05) is 44.0 Å². The van der Waals surface area contributed by atoms with Gasteiger partial charge in [0.15, 0.2) is 0 Å². The molecule has 0 aromatic heterocycles. The van der Waals surface area contributed by atoms with Gasteiger partial charge in [-0.15, -0.1) is 0 Å². The number of anilines is 2. The molecule has 1 heterocycles. The Morgan fingerprint density at radius 1 is 0.968 bits per heavy atom. The Morgan fingerprint density at radius 2 is 1.61 bits per heavy atom. The number of benzene rings is 3. The van der Waals surface area contributed by atoms with E-state index in [2.05, 4.69) is 42.6 Å². The number of carbonyl (C=O) groups excluding carboxylic acids is 2. The van der Waals surface area contributed by atoms with Gasteiger partial charge in [-0.2, -0.15) is 0 Å². The van der Waals surface area contributed by atoms with Crippen molar-refractivity contribution in [2.24, 2.45) is 0 Å². The number of fused-ring (bicyclic) bond motifs is 1. The summed E-state index contributed by atoms with van der Waals surface area (Å²) in [6.07, 6.45) is -0.559. The average Bonchev–Trinajstić information content (AvgIpc) is 2.76. The minimum Gasteiger partial charge on any atom is -0.378 e. The van der Waals surface area contributed by atoms with Crippen LogP contribution >= 0.6 is 31.9 Å². The van der Waals surface area contributed by atoms with Gasteiger partial charge in [0.2, 0.25) is 0 Å². The number of carbonyl (C=O) groups is 2. The lowest BCUT2D eigenvalue weighted by molar-refractivity contribution is 0.0491. The predicted octanol–water partition coefficient (Wildman–Crippen LogP) is 5.19. The zero-order valence-corrected chi connectivity index (χ0v) is 20.1. The maximum absolute atomic E-state index is 13.4. The summed E-state index contributed by atoms with van der Waals surface area (Å²) in [7, 11) is 3.94. The van der Waals surface area contributed by atoms with Gasteiger partial charge in [0.1, 0.15) is 6.17 Å². The molecule has 1 aliphatic rings. The molecule has 4 rings (SSSR count). The van der Waals surface area contributed by atoms with Gasteiger partial charge in [-0.3, -0.25) is 15.0 Å². The van der Waals surface area contributed by atoms with E-state index in [1.165, 1.54) is 5.01 Å². The highest BCUT2D eigenvalue weighted by molar-refractivity contribution is 9.10. The van der Waals surface area contributed by atoms with Gasteiger partial charge < -0.3 is 10.2 Å². The van der Waals surface area contributed by atoms with Gasteiger partial charge in [-0.05, 0) is 60.2 Å². The van der Waals surface area contributed by atoms with Crippen molar-refractivity contribution in [2.45, 2.75) is 6.17 Å². The molecule has 3 aromatic carbocycles. The Labute approximate surface area is 197 Å². The summed E-state index contributed by atoms with van der Waals surface area (Å²) in [6, 6.07) is 20.3. The van der Waals surface area contributed by atoms with Gasteiger partial charge >= 0.3 is 0 Å². The minimum atomic E-state index is -0.559. The second kappa shape index (κ2) is 8.72. The second-order valence-electron chi connectivity index (χ2n) is 7.35. The van der Waals surface area contributed by atoms with Crippen LogP contribution in [-0.4, -0.2) is 30.9 Å². The number of nitrogens with zero attached hydrogens (tertiary/aromatic N) is 2. The first-order valence-corrected chi connectivity index (χ1v) is 11.2. The van der Waals surface area contributed by atoms with E-state index in [-0.39, 0.29) is 11.8 Å². The summed E-state index contributed by atoms with van der Waals surface area (Å²) in [6.45, 7) is 0. The highest BCUT2D eigenvalue weighted by atomic mass is 79.9. The molecule has 0 saturated heterocycles. The van der Waals surface area contributed by atoms with Crippen LogP contribution in [0.5, 0.6) is 0 Å². The Hall–Kier alpha value is -2.84. The topological polar surface area (TPSA) is 64.7 Å². The molecule has 31 heavy (non-hydrogen) atoms. The largest absolute Gasteiger partial charge is 0.378 e. The van der Waals surface area contributed by atoms with Gasteiger partial charge in [-0.25, -0.2) is 5.01 Å². The zero-order chi connectivity index (χ0) is 22.1. The molecule has 0 spiro atoms. The van der Waals surface area contributed by atoms with Crippen LogP contribution in [0, 0.1) is 0 Å². The Morgan fingerprint density at radius 3 is 2.26 bits per heavy atom. The lowest BCUT2D eigenvalue weighted by atomic mass is 10.0. The number of rotatable bonds is 4. The summed E-state index contributed by atoms with van der Waals surface area (Å²) in [4.78, 5) is 28.3. The molecular formula is C23H20Br2N4O2. The van der Waals surface area contributed by atoms with Crippen LogP contribution in [0.2, 0.25) is 0 Å². The van der Waals surface area contributed by atoms with Gasteiger partial charge in [0.05, 0.1) is 5.56 Å². The molecule has 0 bridgehead atoms. The second-order valence-corrected chi connectivity index (χ2v) is 9.18. The molecule has 1 unspecified atom stereocenters. The number of hydrogen-bond donors (Lipinski definition) is 2. The third-order valence-corrected chi connectivity index (χ3v) is 6.06. The molecule has 158 valence electrons. The molecule has 1 atom stereocenters. The van der Waals surface area contributed by atoms with Crippen LogP contribution < -0.4 is 15.6 Å².